The molecule has 1 aliphatic carbocycles. The summed E-state index contributed by atoms with van der Waals surface area (Å²) in [6.07, 6.45) is 7.78. The minimum Gasteiger partial charge on any atom is -0.377 e. The highest BCUT2D eigenvalue weighted by Crippen LogP contribution is 2.34. The van der Waals surface area contributed by atoms with E-state index in [0.29, 0.717) is 6.42 Å². The van der Waals surface area contributed by atoms with Gasteiger partial charge in [0.2, 0.25) is 0 Å². The third kappa shape index (κ3) is 4.04. The first-order chi connectivity index (χ1) is 10.2. The maximum atomic E-state index is 14.0. The van der Waals surface area contributed by atoms with Gasteiger partial charge in [0.05, 0.1) is 5.60 Å². The van der Waals surface area contributed by atoms with E-state index in [-0.39, 0.29) is 17.5 Å². The molecule has 3 heteroatoms. The van der Waals surface area contributed by atoms with Gasteiger partial charge >= 0.3 is 0 Å². The molecular formula is C18H28FNO. The molecule has 1 atom stereocenters. The van der Waals surface area contributed by atoms with E-state index in [9.17, 15) is 4.39 Å². The topological polar surface area (TPSA) is 21.3 Å². The maximum absolute atomic E-state index is 14.0. The lowest BCUT2D eigenvalue weighted by Crippen LogP contribution is -2.53. The van der Waals surface area contributed by atoms with Crippen molar-refractivity contribution < 1.29 is 9.13 Å². The van der Waals surface area contributed by atoms with Gasteiger partial charge in [0, 0.05) is 13.2 Å². The third-order valence-electron chi connectivity index (χ3n) is 4.82. The predicted molar refractivity (Wildman–Crippen MR) is 85.0 cm³/mol. The Labute approximate surface area is 128 Å². The Kier molecular flexibility index (Phi) is 6.19. The highest BCUT2D eigenvalue weighted by atomic mass is 19.1. The SMILES string of the molecule is CCNC(Cc1ccccc1F)C1(OC)CCCCCC1. The van der Waals surface area contributed by atoms with Crippen molar-refractivity contribution in [2.45, 2.75) is 63.5 Å². The molecule has 2 nitrogen and oxygen atoms in total. The number of hydrogen-bond donors (Lipinski definition) is 1. The molecule has 0 aliphatic heterocycles. The molecule has 1 aliphatic rings. The summed E-state index contributed by atoms with van der Waals surface area (Å²) >= 11 is 0. The summed E-state index contributed by atoms with van der Waals surface area (Å²) in [6, 6.07) is 7.26. The van der Waals surface area contributed by atoms with Crippen molar-refractivity contribution in [1.29, 1.82) is 0 Å². The summed E-state index contributed by atoms with van der Waals surface area (Å²) in [7, 11) is 1.82. The van der Waals surface area contributed by atoms with E-state index in [0.717, 1.165) is 24.9 Å². The van der Waals surface area contributed by atoms with E-state index in [4.69, 9.17) is 4.74 Å². The smallest absolute Gasteiger partial charge is 0.126 e. The molecule has 0 aromatic heterocycles. The van der Waals surface area contributed by atoms with E-state index in [1.165, 1.54) is 25.7 Å². The van der Waals surface area contributed by atoms with Crippen LogP contribution in [0.2, 0.25) is 0 Å². The molecule has 1 aromatic rings. The largest absolute Gasteiger partial charge is 0.377 e. The lowest BCUT2D eigenvalue weighted by Gasteiger charge is -2.40. The van der Waals surface area contributed by atoms with Crippen LogP contribution in [0.3, 0.4) is 0 Å². The minimum absolute atomic E-state index is 0.111. The fraction of sp³-hybridized carbons (Fsp3) is 0.667. The van der Waals surface area contributed by atoms with E-state index in [2.05, 4.69) is 12.2 Å². The molecular weight excluding hydrogens is 265 g/mol. The minimum atomic E-state index is -0.158. The van der Waals surface area contributed by atoms with Crippen LogP contribution in [0.1, 0.15) is 51.0 Å². The van der Waals surface area contributed by atoms with Gasteiger partial charge in [-0.15, -0.1) is 0 Å². The normalized spacial score (nSPS) is 20.0. The lowest BCUT2D eigenvalue weighted by atomic mass is 9.82. The number of nitrogens with one attached hydrogen (secondary N) is 1. The average molecular weight is 293 g/mol. The summed E-state index contributed by atoms with van der Waals surface area (Å²) < 4.78 is 20.0. The van der Waals surface area contributed by atoms with Crippen molar-refractivity contribution >= 4 is 0 Å². The number of hydrogen-bond acceptors (Lipinski definition) is 2. The first-order valence-corrected chi connectivity index (χ1v) is 8.24. The number of rotatable bonds is 6. The van der Waals surface area contributed by atoms with Crippen molar-refractivity contribution in [3.05, 3.63) is 35.6 Å². The standard InChI is InChI=1S/C18H28FNO/c1-3-20-17(14-15-10-6-7-11-16(15)19)18(21-2)12-8-4-5-9-13-18/h6-7,10-11,17,20H,3-5,8-9,12-14H2,1-2H3. The first-order valence-electron chi connectivity index (χ1n) is 8.24. The van der Waals surface area contributed by atoms with E-state index < -0.39 is 0 Å². The molecule has 1 fully saturated rings. The van der Waals surface area contributed by atoms with E-state index in [1.807, 2.05) is 19.2 Å². The van der Waals surface area contributed by atoms with Crippen LogP contribution < -0.4 is 5.32 Å². The first kappa shape index (κ1) is 16.4. The molecule has 2 rings (SSSR count). The van der Waals surface area contributed by atoms with Crippen molar-refractivity contribution in [2.24, 2.45) is 0 Å². The quantitative estimate of drug-likeness (QED) is 0.798. The Morgan fingerprint density at radius 3 is 2.43 bits per heavy atom. The molecule has 1 aromatic carbocycles. The van der Waals surface area contributed by atoms with Crippen LogP contribution in [0.25, 0.3) is 0 Å². The Morgan fingerprint density at radius 2 is 1.86 bits per heavy atom. The molecule has 21 heavy (non-hydrogen) atoms. The molecule has 118 valence electrons. The highest BCUT2D eigenvalue weighted by molar-refractivity contribution is 5.19. The molecule has 0 amide bonds. The van der Waals surface area contributed by atoms with Gasteiger partial charge in [-0.25, -0.2) is 4.39 Å². The molecule has 1 unspecified atom stereocenters. The van der Waals surface area contributed by atoms with Crippen LogP contribution in [-0.2, 0) is 11.2 Å². The summed E-state index contributed by atoms with van der Waals surface area (Å²) in [5.74, 6) is -0.111. The van der Waals surface area contributed by atoms with Gasteiger partial charge in [0.25, 0.3) is 0 Å². The number of methoxy groups -OCH3 is 1. The number of likely N-dealkylation sites (N-methyl/N-ethyl adjacent to an activating group) is 1. The Bertz CT molecular complexity index is 427. The second kappa shape index (κ2) is 7.90. The van der Waals surface area contributed by atoms with Gasteiger partial charge in [-0.05, 0) is 37.4 Å². The Hall–Kier alpha value is -0.930. The summed E-state index contributed by atoms with van der Waals surface area (Å²) in [6.45, 7) is 2.98. The summed E-state index contributed by atoms with van der Waals surface area (Å²) in [5, 5.41) is 3.56. The van der Waals surface area contributed by atoms with E-state index in [1.54, 1.807) is 12.1 Å². The third-order valence-corrected chi connectivity index (χ3v) is 4.82. The fourth-order valence-corrected chi connectivity index (χ4v) is 3.60. The number of ether oxygens (including phenoxy) is 1. The van der Waals surface area contributed by atoms with Crippen LogP contribution in [0.15, 0.2) is 24.3 Å². The van der Waals surface area contributed by atoms with Crippen molar-refractivity contribution in [3.8, 4) is 0 Å². The zero-order chi connectivity index (χ0) is 15.1. The van der Waals surface area contributed by atoms with Crippen LogP contribution in [0.5, 0.6) is 0 Å². The molecule has 0 bridgehead atoms. The predicted octanol–water partition coefficient (Wildman–Crippen LogP) is 4.09. The molecule has 0 heterocycles. The second-order valence-corrected chi connectivity index (χ2v) is 6.09. The summed E-state index contributed by atoms with van der Waals surface area (Å²) in [4.78, 5) is 0. The molecule has 1 saturated carbocycles. The van der Waals surface area contributed by atoms with Gasteiger partial charge < -0.3 is 10.1 Å². The van der Waals surface area contributed by atoms with Crippen molar-refractivity contribution in [2.75, 3.05) is 13.7 Å². The Balaban J connectivity index is 2.21. The van der Waals surface area contributed by atoms with Gasteiger partial charge in [-0.1, -0.05) is 50.8 Å². The van der Waals surface area contributed by atoms with E-state index >= 15 is 0 Å². The maximum Gasteiger partial charge on any atom is 0.126 e. The van der Waals surface area contributed by atoms with Crippen LogP contribution >= 0.6 is 0 Å². The van der Waals surface area contributed by atoms with Gasteiger partial charge in [-0.3, -0.25) is 0 Å². The van der Waals surface area contributed by atoms with Crippen molar-refractivity contribution in [3.63, 3.8) is 0 Å². The number of benzene rings is 1. The van der Waals surface area contributed by atoms with Crippen LogP contribution in [0.4, 0.5) is 4.39 Å². The monoisotopic (exact) mass is 293 g/mol. The Morgan fingerprint density at radius 1 is 1.19 bits per heavy atom. The van der Waals surface area contributed by atoms with Crippen LogP contribution in [0, 0.1) is 5.82 Å². The zero-order valence-electron chi connectivity index (χ0n) is 13.3. The lowest BCUT2D eigenvalue weighted by molar-refractivity contribution is -0.0524. The number of halogens is 1. The molecule has 1 N–H and O–H groups in total. The van der Waals surface area contributed by atoms with Gasteiger partial charge in [0.1, 0.15) is 5.82 Å². The average Bonchev–Trinajstić information content (AvgIpc) is 2.75. The van der Waals surface area contributed by atoms with Gasteiger partial charge in [0.15, 0.2) is 0 Å². The van der Waals surface area contributed by atoms with Crippen LogP contribution in [-0.4, -0.2) is 25.3 Å². The zero-order valence-corrected chi connectivity index (χ0v) is 13.3. The van der Waals surface area contributed by atoms with Gasteiger partial charge in [-0.2, -0.15) is 0 Å². The highest BCUT2D eigenvalue weighted by Gasteiger charge is 2.39. The molecule has 0 spiro atoms. The van der Waals surface area contributed by atoms with Crippen molar-refractivity contribution in [1.82, 2.24) is 5.32 Å². The summed E-state index contributed by atoms with van der Waals surface area (Å²) in [5.41, 5.74) is 0.624. The fourth-order valence-electron chi connectivity index (χ4n) is 3.60. The second-order valence-electron chi connectivity index (χ2n) is 6.09. The molecule has 0 saturated heterocycles. The molecule has 0 radical (unpaired) electrons.